The average Bonchev–Trinajstić information content (AvgIpc) is 3.36. The molecule has 1 aliphatic heterocycles. The standard InChI is InChI=1S/C23H25N5O3/c1-28-10-7-15(8-11-28)26-23(29)22-21(18-6-9-24-13-20(18)31-22)25-16-3-4-17-14(12-16)2-5-19(17)27-30/h3-4,6,9,12-13,15,25,30H,2,5,7-8,10-11H2,1H3,(H,26,29). The Morgan fingerprint density at radius 1 is 1.26 bits per heavy atom. The number of furan rings is 1. The lowest BCUT2D eigenvalue weighted by molar-refractivity contribution is 0.0892. The lowest BCUT2D eigenvalue weighted by atomic mass is 10.1. The number of carbonyl (C=O) groups is 1. The van der Waals surface area contributed by atoms with E-state index in [4.69, 9.17) is 9.62 Å². The molecule has 0 unspecified atom stereocenters. The summed E-state index contributed by atoms with van der Waals surface area (Å²) >= 11 is 0. The number of oxime groups is 1. The van der Waals surface area contributed by atoms with Crippen LogP contribution in [0.4, 0.5) is 11.4 Å². The first-order valence-corrected chi connectivity index (χ1v) is 10.6. The van der Waals surface area contributed by atoms with Crippen molar-refractivity contribution in [3.63, 3.8) is 0 Å². The molecule has 160 valence electrons. The van der Waals surface area contributed by atoms with Crippen LogP contribution in [-0.4, -0.2) is 52.9 Å². The third-order valence-electron chi connectivity index (χ3n) is 6.19. The Morgan fingerprint density at radius 2 is 2.10 bits per heavy atom. The summed E-state index contributed by atoms with van der Waals surface area (Å²) in [5, 5.41) is 19.9. The SMILES string of the molecule is CN1CCC(NC(=O)c2oc3cnccc3c2Nc2ccc3c(c2)CCC3=NO)CC1. The van der Waals surface area contributed by atoms with E-state index in [1.165, 1.54) is 0 Å². The van der Waals surface area contributed by atoms with E-state index in [0.29, 0.717) is 17.0 Å². The first kappa shape index (κ1) is 19.6. The fourth-order valence-corrected chi connectivity index (χ4v) is 4.43. The van der Waals surface area contributed by atoms with Gasteiger partial charge in [0.1, 0.15) is 0 Å². The van der Waals surface area contributed by atoms with Crippen LogP contribution in [0.1, 0.15) is 40.9 Å². The molecule has 1 saturated heterocycles. The monoisotopic (exact) mass is 419 g/mol. The van der Waals surface area contributed by atoms with Crippen LogP contribution >= 0.6 is 0 Å². The van der Waals surface area contributed by atoms with Crippen LogP contribution in [0.25, 0.3) is 11.0 Å². The van der Waals surface area contributed by atoms with Crippen molar-refractivity contribution < 1.29 is 14.4 Å². The number of nitrogens with one attached hydrogen (secondary N) is 2. The van der Waals surface area contributed by atoms with Gasteiger partial charge in [-0.05, 0) is 69.6 Å². The van der Waals surface area contributed by atoms with Crippen molar-refractivity contribution in [3.05, 3.63) is 53.5 Å². The molecule has 2 aromatic heterocycles. The second kappa shape index (κ2) is 8.03. The number of rotatable bonds is 4. The summed E-state index contributed by atoms with van der Waals surface area (Å²) in [6.07, 6.45) is 6.70. The first-order valence-electron chi connectivity index (χ1n) is 10.6. The van der Waals surface area contributed by atoms with Crippen LogP contribution in [0.15, 0.2) is 46.2 Å². The number of anilines is 2. The Kier molecular flexibility index (Phi) is 5.07. The fourth-order valence-electron chi connectivity index (χ4n) is 4.43. The minimum absolute atomic E-state index is 0.138. The minimum atomic E-state index is -0.218. The van der Waals surface area contributed by atoms with Gasteiger partial charge in [-0.25, -0.2) is 0 Å². The second-order valence-electron chi connectivity index (χ2n) is 8.27. The molecule has 31 heavy (non-hydrogen) atoms. The molecule has 0 spiro atoms. The average molecular weight is 419 g/mol. The maximum absolute atomic E-state index is 13.1. The van der Waals surface area contributed by atoms with Gasteiger partial charge in [-0.2, -0.15) is 0 Å². The Balaban J connectivity index is 1.45. The molecule has 1 amide bonds. The highest BCUT2D eigenvalue weighted by atomic mass is 16.4. The van der Waals surface area contributed by atoms with Crippen molar-refractivity contribution in [2.75, 3.05) is 25.5 Å². The Hall–Kier alpha value is -3.39. The molecule has 8 nitrogen and oxygen atoms in total. The smallest absolute Gasteiger partial charge is 0.289 e. The maximum atomic E-state index is 13.1. The van der Waals surface area contributed by atoms with E-state index in [1.54, 1.807) is 12.4 Å². The van der Waals surface area contributed by atoms with Crippen LogP contribution in [0.5, 0.6) is 0 Å². The van der Waals surface area contributed by atoms with Crippen molar-refractivity contribution in [2.24, 2.45) is 5.16 Å². The molecule has 3 heterocycles. The van der Waals surface area contributed by atoms with Crippen LogP contribution in [0, 0.1) is 0 Å². The predicted octanol–water partition coefficient (Wildman–Crippen LogP) is 3.52. The topological polar surface area (TPSA) is 103 Å². The Bertz CT molecular complexity index is 1160. The van der Waals surface area contributed by atoms with Crippen molar-refractivity contribution in [2.45, 2.75) is 31.7 Å². The Morgan fingerprint density at radius 3 is 2.90 bits per heavy atom. The van der Waals surface area contributed by atoms with Crippen LogP contribution in [0.2, 0.25) is 0 Å². The summed E-state index contributed by atoms with van der Waals surface area (Å²) in [5.41, 5.74) is 4.84. The summed E-state index contributed by atoms with van der Waals surface area (Å²) in [6, 6.07) is 7.89. The van der Waals surface area contributed by atoms with Crippen LogP contribution in [-0.2, 0) is 6.42 Å². The van der Waals surface area contributed by atoms with Crippen molar-refractivity contribution in [1.82, 2.24) is 15.2 Å². The summed E-state index contributed by atoms with van der Waals surface area (Å²) in [6.45, 7) is 1.93. The number of pyridine rings is 1. The van der Waals surface area contributed by atoms with Gasteiger partial charge in [0, 0.05) is 28.9 Å². The molecule has 0 atom stereocenters. The quantitative estimate of drug-likeness (QED) is 0.442. The maximum Gasteiger partial charge on any atom is 0.289 e. The number of aromatic nitrogens is 1. The number of piperidine rings is 1. The third-order valence-corrected chi connectivity index (χ3v) is 6.19. The van der Waals surface area contributed by atoms with E-state index in [-0.39, 0.29) is 17.7 Å². The van der Waals surface area contributed by atoms with E-state index in [0.717, 1.165) is 61.0 Å². The summed E-state index contributed by atoms with van der Waals surface area (Å²) < 4.78 is 5.92. The highest BCUT2D eigenvalue weighted by molar-refractivity contribution is 6.08. The fraction of sp³-hybridized carbons (Fsp3) is 0.348. The van der Waals surface area contributed by atoms with E-state index in [9.17, 15) is 4.79 Å². The number of benzene rings is 1. The number of nitrogens with zero attached hydrogens (tertiary/aromatic N) is 3. The number of hydrogen-bond acceptors (Lipinski definition) is 7. The number of hydrogen-bond donors (Lipinski definition) is 3. The zero-order chi connectivity index (χ0) is 21.4. The highest BCUT2D eigenvalue weighted by Gasteiger charge is 2.26. The van der Waals surface area contributed by atoms with Crippen molar-refractivity contribution in [3.8, 4) is 0 Å². The van der Waals surface area contributed by atoms with Gasteiger partial charge in [-0.15, -0.1) is 0 Å². The van der Waals surface area contributed by atoms with Crippen LogP contribution in [0.3, 0.4) is 0 Å². The number of fused-ring (bicyclic) bond motifs is 2. The molecular formula is C23H25N5O3. The van der Waals surface area contributed by atoms with Crippen LogP contribution < -0.4 is 10.6 Å². The first-order chi connectivity index (χ1) is 15.1. The Labute approximate surface area is 179 Å². The minimum Gasteiger partial charge on any atom is -0.447 e. The van der Waals surface area contributed by atoms with Gasteiger partial charge in [0.05, 0.1) is 17.6 Å². The molecule has 1 aliphatic carbocycles. The highest BCUT2D eigenvalue weighted by Crippen LogP contribution is 2.34. The lowest BCUT2D eigenvalue weighted by Crippen LogP contribution is -2.43. The molecule has 1 fully saturated rings. The van der Waals surface area contributed by atoms with E-state index in [1.807, 2.05) is 24.3 Å². The normalized spacial score (nSPS) is 18.4. The van der Waals surface area contributed by atoms with Gasteiger partial charge in [-0.1, -0.05) is 11.2 Å². The second-order valence-corrected chi connectivity index (χ2v) is 8.27. The number of carbonyl (C=O) groups excluding carboxylic acids is 1. The van der Waals surface area contributed by atoms with Gasteiger partial charge in [-0.3, -0.25) is 9.78 Å². The molecule has 0 radical (unpaired) electrons. The summed E-state index contributed by atoms with van der Waals surface area (Å²) in [4.78, 5) is 19.5. The summed E-state index contributed by atoms with van der Waals surface area (Å²) in [5.74, 6) is 0.0455. The number of likely N-dealkylation sites (tertiary alicyclic amines) is 1. The van der Waals surface area contributed by atoms with Gasteiger partial charge in [0.15, 0.2) is 5.58 Å². The zero-order valence-electron chi connectivity index (χ0n) is 17.4. The zero-order valence-corrected chi connectivity index (χ0v) is 17.4. The van der Waals surface area contributed by atoms with E-state index < -0.39 is 0 Å². The number of aryl methyl sites for hydroxylation is 1. The molecule has 5 rings (SSSR count). The van der Waals surface area contributed by atoms with Gasteiger partial charge in [0.2, 0.25) is 5.76 Å². The van der Waals surface area contributed by atoms with Gasteiger partial charge < -0.3 is 25.2 Å². The molecular weight excluding hydrogens is 394 g/mol. The number of amides is 1. The lowest BCUT2D eigenvalue weighted by Gasteiger charge is -2.29. The molecule has 3 N–H and O–H groups in total. The predicted molar refractivity (Wildman–Crippen MR) is 118 cm³/mol. The molecule has 1 aromatic carbocycles. The largest absolute Gasteiger partial charge is 0.447 e. The van der Waals surface area contributed by atoms with E-state index >= 15 is 0 Å². The van der Waals surface area contributed by atoms with Gasteiger partial charge >= 0.3 is 0 Å². The molecule has 2 aliphatic rings. The van der Waals surface area contributed by atoms with Crippen molar-refractivity contribution in [1.29, 1.82) is 0 Å². The summed E-state index contributed by atoms with van der Waals surface area (Å²) in [7, 11) is 2.10. The van der Waals surface area contributed by atoms with Crippen molar-refractivity contribution >= 4 is 34.0 Å². The molecule has 3 aromatic rings. The molecule has 8 heteroatoms. The molecule has 0 saturated carbocycles. The van der Waals surface area contributed by atoms with E-state index in [2.05, 4.69) is 32.7 Å². The third kappa shape index (κ3) is 3.74. The molecule has 0 bridgehead atoms. The van der Waals surface area contributed by atoms with Gasteiger partial charge in [0.25, 0.3) is 5.91 Å².